The third kappa shape index (κ3) is 3.06. The van der Waals surface area contributed by atoms with E-state index >= 15 is 0 Å². The summed E-state index contributed by atoms with van der Waals surface area (Å²) in [5.41, 5.74) is 7.00. The zero-order chi connectivity index (χ0) is 14.8. The molecule has 2 aliphatic rings. The summed E-state index contributed by atoms with van der Waals surface area (Å²) < 4.78 is 19.3. The molecule has 3 atom stereocenters. The molecule has 3 rings (SSSR count). The Morgan fingerprint density at radius 3 is 3.05 bits per heavy atom. The molecule has 116 valence electrons. The molecule has 3 nitrogen and oxygen atoms in total. The summed E-state index contributed by atoms with van der Waals surface area (Å²) in [7, 11) is 0. The van der Waals surface area contributed by atoms with Crippen LogP contribution >= 0.6 is 0 Å². The van der Waals surface area contributed by atoms with Gasteiger partial charge >= 0.3 is 0 Å². The Morgan fingerprint density at radius 2 is 2.29 bits per heavy atom. The Hall–Kier alpha value is -1.13. The molecule has 1 saturated heterocycles. The molecular weight excluding hydrogens is 267 g/mol. The van der Waals surface area contributed by atoms with Crippen molar-refractivity contribution in [3.63, 3.8) is 0 Å². The Labute approximate surface area is 126 Å². The standard InChI is InChI=1S/C17H25FN2O/c1-2-12-4-3-7-20(16(12)10-19)11-15-9-13-8-14(18)5-6-17(13)21-15/h5-6,8,12,15-16H,2-4,7,9-11,19H2,1H3. The monoisotopic (exact) mass is 292 g/mol. The summed E-state index contributed by atoms with van der Waals surface area (Å²) in [6, 6.07) is 5.28. The molecule has 1 aromatic carbocycles. The van der Waals surface area contributed by atoms with Crippen molar-refractivity contribution in [3.05, 3.63) is 29.6 Å². The first-order valence-electron chi connectivity index (χ1n) is 8.10. The second-order valence-corrected chi connectivity index (χ2v) is 6.30. The number of hydrogen-bond donors (Lipinski definition) is 1. The second kappa shape index (κ2) is 6.32. The van der Waals surface area contributed by atoms with Crippen LogP contribution in [0.4, 0.5) is 4.39 Å². The summed E-state index contributed by atoms with van der Waals surface area (Å²) in [5, 5.41) is 0. The van der Waals surface area contributed by atoms with Crippen LogP contribution < -0.4 is 10.5 Å². The van der Waals surface area contributed by atoms with Crippen LogP contribution in [0.25, 0.3) is 0 Å². The van der Waals surface area contributed by atoms with E-state index in [2.05, 4.69) is 11.8 Å². The lowest BCUT2D eigenvalue weighted by atomic mass is 9.87. The van der Waals surface area contributed by atoms with Crippen molar-refractivity contribution >= 4 is 0 Å². The van der Waals surface area contributed by atoms with Crippen LogP contribution in [0.15, 0.2) is 18.2 Å². The molecule has 2 aliphatic heterocycles. The zero-order valence-electron chi connectivity index (χ0n) is 12.7. The molecule has 0 saturated carbocycles. The zero-order valence-corrected chi connectivity index (χ0v) is 12.7. The topological polar surface area (TPSA) is 38.5 Å². The molecule has 4 heteroatoms. The summed E-state index contributed by atoms with van der Waals surface area (Å²) in [5.74, 6) is 1.36. The lowest BCUT2D eigenvalue weighted by molar-refractivity contribution is 0.0578. The van der Waals surface area contributed by atoms with Gasteiger partial charge in [-0.25, -0.2) is 4.39 Å². The van der Waals surface area contributed by atoms with Crippen LogP contribution in [0.2, 0.25) is 0 Å². The fourth-order valence-corrected chi connectivity index (χ4v) is 3.91. The van der Waals surface area contributed by atoms with Crippen LogP contribution in [0, 0.1) is 11.7 Å². The minimum absolute atomic E-state index is 0.131. The van der Waals surface area contributed by atoms with E-state index in [1.165, 1.54) is 25.3 Å². The number of fused-ring (bicyclic) bond motifs is 1. The SMILES string of the molecule is CCC1CCCN(CC2Cc3cc(F)ccc3O2)C1CN. The van der Waals surface area contributed by atoms with Crippen molar-refractivity contribution < 1.29 is 9.13 Å². The number of likely N-dealkylation sites (tertiary alicyclic amines) is 1. The number of ether oxygens (including phenoxy) is 1. The maximum absolute atomic E-state index is 13.3. The molecule has 0 aliphatic carbocycles. The van der Waals surface area contributed by atoms with Crippen LogP contribution in [-0.4, -0.2) is 36.7 Å². The highest BCUT2D eigenvalue weighted by Crippen LogP contribution is 2.31. The predicted molar refractivity (Wildman–Crippen MR) is 82.0 cm³/mol. The molecule has 0 bridgehead atoms. The Balaban J connectivity index is 1.65. The molecule has 0 radical (unpaired) electrons. The molecule has 21 heavy (non-hydrogen) atoms. The number of benzene rings is 1. The highest BCUT2D eigenvalue weighted by Gasteiger charge is 2.33. The van der Waals surface area contributed by atoms with Crippen molar-refractivity contribution in [2.45, 2.75) is 44.8 Å². The summed E-state index contributed by atoms with van der Waals surface area (Å²) in [6.45, 7) is 4.96. The highest BCUT2D eigenvalue weighted by atomic mass is 19.1. The lowest BCUT2D eigenvalue weighted by Crippen LogP contribution is -2.52. The number of nitrogens with zero attached hydrogens (tertiary/aromatic N) is 1. The van der Waals surface area contributed by atoms with E-state index in [0.29, 0.717) is 18.5 Å². The van der Waals surface area contributed by atoms with Crippen LogP contribution in [0.5, 0.6) is 5.75 Å². The van der Waals surface area contributed by atoms with Gasteiger partial charge in [-0.3, -0.25) is 4.90 Å². The molecule has 0 aromatic heterocycles. The minimum Gasteiger partial charge on any atom is -0.488 e. The molecule has 0 amide bonds. The number of piperidine rings is 1. The van der Waals surface area contributed by atoms with Crippen molar-refractivity contribution in [3.8, 4) is 5.75 Å². The Bertz CT molecular complexity index is 494. The average molecular weight is 292 g/mol. The van der Waals surface area contributed by atoms with E-state index in [4.69, 9.17) is 10.5 Å². The van der Waals surface area contributed by atoms with Gasteiger partial charge in [0.25, 0.3) is 0 Å². The lowest BCUT2D eigenvalue weighted by Gasteiger charge is -2.41. The van der Waals surface area contributed by atoms with Crippen molar-refractivity contribution in [1.82, 2.24) is 4.90 Å². The number of halogens is 1. The molecule has 2 N–H and O–H groups in total. The highest BCUT2D eigenvalue weighted by molar-refractivity contribution is 5.37. The summed E-state index contributed by atoms with van der Waals surface area (Å²) >= 11 is 0. The quantitative estimate of drug-likeness (QED) is 0.927. The van der Waals surface area contributed by atoms with E-state index in [1.807, 2.05) is 0 Å². The smallest absolute Gasteiger partial charge is 0.123 e. The first kappa shape index (κ1) is 14.8. The van der Waals surface area contributed by atoms with Gasteiger partial charge in [-0.15, -0.1) is 0 Å². The Morgan fingerprint density at radius 1 is 1.43 bits per heavy atom. The first-order valence-corrected chi connectivity index (χ1v) is 8.10. The van der Waals surface area contributed by atoms with Gasteiger partial charge in [-0.2, -0.15) is 0 Å². The molecule has 3 unspecified atom stereocenters. The van der Waals surface area contributed by atoms with Gasteiger partial charge in [-0.05, 0) is 43.5 Å². The number of hydrogen-bond acceptors (Lipinski definition) is 3. The van der Waals surface area contributed by atoms with Gasteiger partial charge in [0.05, 0.1) is 0 Å². The second-order valence-electron chi connectivity index (χ2n) is 6.30. The average Bonchev–Trinajstić information content (AvgIpc) is 2.88. The van der Waals surface area contributed by atoms with Crippen molar-refractivity contribution in [1.29, 1.82) is 0 Å². The Kier molecular flexibility index (Phi) is 4.45. The first-order chi connectivity index (χ1) is 10.2. The van der Waals surface area contributed by atoms with Crippen molar-refractivity contribution in [2.75, 3.05) is 19.6 Å². The maximum Gasteiger partial charge on any atom is 0.123 e. The molecule has 0 spiro atoms. The van der Waals surface area contributed by atoms with Gasteiger partial charge in [0.2, 0.25) is 0 Å². The van der Waals surface area contributed by atoms with Crippen LogP contribution in [0.3, 0.4) is 0 Å². The molecule has 1 fully saturated rings. The van der Waals surface area contributed by atoms with E-state index < -0.39 is 0 Å². The molecular formula is C17H25FN2O. The fraction of sp³-hybridized carbons (Fsp3) is 0.647. The van der Waals surface area contributed by atoms with Crippen LogP contribution in [0.1, 0.15) is 31.7 Å². The van der Waals surface area contributed by atoms with Crippen molar-refractivity contribution in [2.24, 2.45) is 11.7 Å². The van der Waals surface area contributed by atoms with E-state index in [1.54, 1.807) is 12.1 Å². The fourth-order valence-electron chi connectivity index (χ4n) is 3.91. The summed E-state index contributed by atoms with van der Waals surface area (Å²) in [6.07, 6.45) is 4.65. The van der Waals surface area contributed by atoms with Gasteiger partial charge in [0, 0.05) is 31.1 Å². The number of nitrogens with two attached hydrogens (primary N) is 1. The predicted octanol–water partition coefficient (Wildman–Crippen LogP) is 2.58. The maximum atomic E-state index is 13.3. The van der Waals surface area contributed by atoms with E-state index in [9.17, 15) is 4.39 Å². The van der Waals surface area contributed by atoms with Gasteiger partial charge in [0.15, 0.2) is 0 Å². The molecule has 2 heterocycles. The van der Waals surface area contributed by atoms with E-state index in [-0.39, 0.29) is 11.9 Å². The largest absolute Gasteiger partial charge is 0.488 e. The number of rotatable bonds is 4. The molecule has 1 aromatic rings. The third-order valence-electron chi connectivity index (χ3n) is 5.00. The van der Waals surface area contributed by atoms with E-state index in [0.717, 1.165) is 30.8 Å². The third-order valence-corrected chi connectivity index (χ3v) is 5.00. The van der Waals surface area contributed by atoms with Gasteiger partial charge < -0.3 is 10.5 Å². The van der Waals surface area contributed by atoms with Crippen LogP contribution in [-0.2, 0) is 6.42 Å². The summed E-state index contributed by atoms with van der Waals surface area (Å²) in [4.78, 5) is 2.49. The van der Waals surface area contributed by atoms with Gasteiger partial charge in [0.1, 0.15) is 17.7 Å². The van der Waals surface area contributed by atoms with Gasteiger partial charge in [-0.1, -0.05) is 13.3 Å². The normalized spacial score (nSPS) is 29.2. The minimum atomic E-state index is -0.179.